The van der Waals surface area contributed by atoms with Gasteiger partial charge >= 0.3 is 0 Å². The zero-order valence-electron chi connectivity index (χ0n) is 8.93. The fourth-order valence-corrected chi connectivity index (χ4v) is 2.27. The van der Waals surface area contributed by atoms with Gasteiger partial charge in [-0.2, -0.15) is 5.26 Å². The Morgan fingerprint density at radius 2 is 2.24 bits per heavy atom. The molecule has 0 bridgehead atoms. The molecule has 5 nitrogen and oxygen atoms in total. The molecule has 0 aromatic rings. The van der Waals surface area contributed by atoms with E-state index in [-0.39, 0.29) is 10.9 Å². The highest BCUT2D eigenvalue weighted by molar-refractivity contribution is 7.93. The van der Waals surface area contributed by atoms with E-state index in [2.05, 4.69) is 5.32 Å². The summed E-state index contributed by atoms with van der Waals surface area (Å²) in [6.45, 7) is 0. The lowest BCUT2D eigenvalue weighted by molar-refractivity contribution is 0.141. The minimum atomic E-state index is -3.96. The van der Waals surface area contributed by atoms with Crippen LogP contribution in [0.2, 0.25) is 0 Å². The summed E-state index contributed by atoms with van der Waals surface area (Å²) in [6.07, 6.45) is 4.91. The van der Waals surface area contributed by atoms with Crippen LogP contribution in [0.5, 0.6) is 0 Å². The van der Waals surface area contributed by atoms with Gasteiger partial charge < -0.3 is 0 Å². The van der Waals surface area contributed by atoms with E-state index >= 15 is 0 Å². The van der Waals surface area contributed by atoms with E-state index in [1.165, 1.54) is 6.08 Å². The monoisotopic (exact) mass is 257 g/mol. The summed E-state index contributed by atoms with van der Waals surface area (Å²) >= 11 is 0. The molecule has 2 aliphatic rings. The number of hydrogen-bond donors (Lipinski definition) is 2. The van der Waals surface area contributed by atoms with Crippen LogP contribution in [0.1, 0.15) is 12.8 Å². The third-order valence-electron chi connectivity index (χ3n) is 2.73. The third-order valence-corrected chi connectivity index (χ3v) is 3.64. The number of nitrogens with zero attached hydrogens (tertiary/aromatic N) is 1. The molecule has 0 saturated heterocycles. The van der Waals surface area contributed by atoms with E-state index in [1.54, 1.807) is 6.07 Å². The number of sulfonamides is 1. The first-order chi connectivity index (χ1) is 7.85. The molecule has 0 radical (unpaired) electrons. The lowest BCUT2D eigenvalue weighted by Crippen LogP contribution is -2.47. The average Bonchev–Trinajstić information content (AvgIpc) is 2.99. The van der Waals surface area contributed by atoms with Gasteiger partial charge in [-0.15, -0.1) is 0 Å². The summed E-state index contributed by atoms with van der Waals surface area (Å²) < 4.78 is 36.8. The number of nitrogens with two attached hydrogens (primary N) is 1. The Morgan fingerprint density at radius 1 is 1.59 bits per heavy atom. The van der Waals surface area contributed by atoms with Gasteiger partial charge in [0.25, 0.3) is 0 Å². The highest BCUT2D eigenvalue weighted by Crippen LogP contribution is 2.33. The van der Waals surface area contributed by atoms with Crippen molar-refractivity contribution in [3.05, 3.63) is 23.1 Å². The summed E-state index contributed by atoms with van der Waals surface area (Å²) in [4.78, 5) is -0.306. The SMILES string of the molecule is N#CC1C=CC(S(N)(=O)=O)=CC1(F)NC1CC1. The van der Waals surface area contributed by atoms with Crippen LogP contribution in [0, 0.1) is 17.2 Å². The number of nitrogens with one attached hydrogen (secondary N) is 1. The van der Waals surface area contributed by atoms with Gasteiger partial charge in [0.15, 0.2) is 0 Å². The quantitative estimate of drug-likeness (QED) is 0.710. The number of primary sulfonamides is 1. The normalized spacial score (nSPS) is 33.0. The predicted molar refractivity (Wildman–Crippen MR) is 59.4 cm³/mol. The van der Waals surface area contributed by atoms with Gasteiger partial charge in [0.05, 0.1) is 11.0 Å². The molecule has 0 aliphatic heterocycles. The fraction of sp³-hybridized carbons (Fsp3) is 0.500. The van der Waals surface area contributed by atoms with Crippen LogP contribution in [-0.2, 0) is 10.0 Å². The first-order valence-corrected chi connectivity index (χ1v) is 6.70. The Kier molecular flexibility index (Phi) is 2.81. The number of rotatable bonds is 3. The Labute approximate surface area is 98.8 Å². The molecule has 0 spiro atoms. The fourth-order valence-electron chi connectivity index (χ4n) is 1.66. The molecule has 1 saturated carbocycles. The van der Waals surface area contributed by atoms with Gasteiger partial charge in [-0.05, 0) is 25.0 Å². The van der Waals surface area contributed by atoms with Gasteiger partial charge in [-0.25, -0.2) is 17.9 Å². The molecule has 0 aromatic carbocycles. The van der Waals surface area contributed by atoms with E-state index < -0.39 is 21.7 Å². The van der Waals surface area contributed by atoms with Crippen LogP contribution in [-0.4, -0.2) is 20.3 Å². The highest BCUT2D eigenvalue weighted by atomic mass is 32.2. The van der Waals surface area contributed by atoms with Crippen molar-refractivity contribution < 1.29 is 12.8 Å². The second kappa shape index (κ2) is 3.91. The van der Waals surface area contributed by atoms with Crippen LogP contribution in [0.25, 0.3) is 0 Å². The third kappa shape index (κ3) is 2.54. The van der Waals surface area contributed by atoms with Crippen molar-refractivity contribution in [1.29, 1.82) is 5.26 Å². The highest BCUT2D eigenvalue weighted by Gasteiger charge is 2.43. The first-order valence-electron chi connectivity index (χ1n) is 5.15. The van der Waals surface area contributed by atoms with Crippen molar-refractivity contribution in [1.82, 2.24) is 5.32 Å². The predicted octanol–water partition coefficient (Wildman–Crippen LogP) is 0.286. The van der Waals surface area contributed by atoms with Crippen molar-refractivity contribution in [3.63, 3.8) is 0 Å². The maximum Gasteiger partial charge on any atom is 0.237 e. The summed E-state index contributed by atoms with van der Waals surface area (Å²) in [7, 11) is -3.96. The van der Waals surface area contributed by atoms with E-state index in [0.29, 0.717) is 0 Å². The van der Waals surface area contributed by atoms with Crippen LogP contribution >= 0.6 is 0 Å². The van der Waals surface area contributed by atoms with Gasteiger partial charge in [0.2, 0.25) is 15.8 Å². The van der Waals surface area contributed by atoms with Crippen molar-refractivity contribution in [2.75, 3.05) is 0 Å². The van der Waals surface area contributed by atoms with E-state index in [0.717, 1.165) is 25.0 Å². The topological polar surface area (TPSA) is 96.0 Å². The molecule has 3 N–H and O–H groups in total. The van der Waals surface area contributed by atoms with Crippen LogP contribution in [0.3, 0.4) is 0 Å². The molecule has 0 amide bonds. The standard InChI is InChI=1S/C10H12FN3O2S/c11-10(14-8-2-3-8)5-9(17(13,15)16)4-1-7(10)6-12/h1,4-5,7-8,14H,2-3H2,(H2,13,15,16). The number of hydrogen-bond acceptors (Lipinski definition) is 4. The van der Waals surface area contributed by atoms with E-state index in [1.807, 2.05) is 0 Å². The molecule has 2 aliphatic carbocycles. The number of allylic oxidation sites excluding steroid dienone is 1. The maximum absolute atomic E-state index is 14.5. The van der Waals surface area contributed by atoms with Crippen LogP contribution in [0.4, 0.5) is 4.39 Å². The summed E-state index contributed by atoms with van der Waals surface area (Å²) in [5, 5.41) is 16.4. The number of halogens is 1. The molecule has 17 heavy (non-hydrogen) atoms. The lowest BCUT2D eigenvalue weighted by Gasteiger charge is -2.29. The summed E-state index contributed by atoms with van der Waals surface area (Å²) in [5.41, 5.74) is 0. The van der Waals surface area contributed by atoms with Crippen molar-refractivity contribution in [3.8, 4) is 6.07 Å². The molecule has 1 fully saturated rings. The Bertz CT molecular complexity index is 530. The Morgan fingerprint density at radius 3 is 2.71 bits per heavy atom. The molecule has 7 heteroatoms. The molecule has 2 unspecified atom stereocenters. The smallest absolute Gasteiger partial charge is 0.237 e. The molecule has 2 atom stereocenters. The second-order valence-corrected chi connectivity index (χ2v) is 5.81. The second-order valence-electron chi connectivity index (χ2n) is 4.24. The average molecular weight is 257 g/mol. The van der Waals surface area contributed by atoms with E-state index in [4.69, 9.17) is 10.4 Å². The number of nitriles is 1. The Hall–Kier alpha value is -1.23. The van der Waals surface area contributed by atoms with Crippen molar-refractivity contribution in [2.24, 2.45) is 11.1 Å². The minimum absolute atomic E-state index is 0.000304. The molecule has 0 aromatic heterocycles. The van der Waals surface area contributed by atoms with Crippen LogP contribution in [0.15, 0.2) is 23.1 Å². The zero-order valence-corrected chi connectivity index (χ0v) is 9.74. The first kappa shape index (κ1) is 12.2. The molecule has 92 valence electrons. The van der Waals surface area contributed by atoms with Gasteiger partial charge in [0.1, 0.15) is 5.92 Å². The van der Waals surface area contributed by atoms with Crippen LogP contribution < -0.4 is 10.5 Å². The lowest BCUT2D eigenvalue weighted by atomic mass is 9.93. The van der Waals surface area contributed by atoms with Gasteiger partial charge in [0, 0.05) is 6.04 Å². The summed E-state index contributed by atoms with van der Waals surface area (Å²) in [5.74, 6) is -3.21. The molecular formula is C10H12FN3O2S. The van der Waals surface area contributed by atoms with E-state index in [9.17, 15) is 12.8 Å². The molecule has 0 heterocycles. The summed E-state index contributed by atoms with van der Waals surface area (Å²) in [6, 6.07) is 1.80. The van der Waals surface area contributed by atoms with Crippen molar-refractivity contribution >= 4 is 10.0 Å². The van der Waals surface area contributed by atoms with Gasteiger partial charge in [-0.1, -0.05) is 6.08 Å². The molecule has 2 rings (SSSR count). The zero-order chi connectivity index (χ0) is 12.7. The van der Waals surface area contributed by atoms with Crippen molar-refractivity contribution in [2.45, 2.75) is 24.7 Å². The number of alkyl halides is 1. The van der Waals surface area contributed by atoms with Gasteiger partial charge in [-0.3, -0.25) is 5.32 Å². The minimum Gasteiger partial charge on any atom is -0.278 e. The largest absolute Gasteiger partial charge is 0.278 e. The molecular weight excluding hydrogens is 245 g/mol. The Balaban J connectivity index is 2.35. The maximum atomic E-state index is 14.5.